The van der Waals surface area contributed by atoms with Crippen LogP contribution in [0.2, 0.25) is 0 Å². The molecule has 1 N–H and O–H groups in total. The number of alkyl halides is 3. The maximum absolute atomic E-state index is 13.4. The Labute approximate surface area is 180 Å². The second kappa shape index (κ2) is 8.39. The number of para-hydroxylation sites is 1. The number of aromatic nitrogens is 4. The van der Waals surface area contributed by atoms with Gasteiger partial charge in [-0.3, -0.25) is 4.79 Å². The molecule has 1 aliphatic rings. The van der Waals surface area contributed by atoms with Gasteiger partial charge in [0.15, 0.2) is 6.10 Å². The van der Waals surface area contributed by atoms with Crippen LogP contribution < -0.4 is 0 Å². The van der Waals surface area contributed by atoms with Crippen LogP contribution in [0.3, 0.4) is 0 Å². The molecule has 1 aliphatic heterocycles. The molecule has 1 saturated heterocycles. The highest BCUT2D eigenvalue weighted by Gasteiger charge is 2.41. The third-order valence-corrected chi connectivity index (χ3v) is 6.42. The van der Waals surface area contributed by atoms with Gasteiger partial charge in [0.05, 0.1) is 34.3 Å². The lowest BCUT2D eigenvalue weighted by Crippen LogP contribution is -2.45. The molecular formula is C20H20F3N5O2S. The second-order valence-corrected chi connectivity index (χ2v) is 8.36. The number of hydrogen-bond acceptors (Lipinski definition) is 6. The highest BCUT2D eigenvalue weighted by atomic mass is 32.1. The van der Waals surface area contributed by atoms with Crippen molar-refractivity contribution >= 4 is 17.2 Å². The predicted octanol–water partition coefficient (Wildman–Crippen LogP) is 3.73. The summed E-state index contributed by atoms with van der Waals surface area (Å²) >= 11 is 1.08. The maximum Gasteiger partial charge on any atom is 0.420 e. The lowest BCUT2D eigenvalue weighted by Gasteiger charge is -2.37. The van der Waals surface area contributed by atoms with E-state index in [1.54, 1.807) is 29.2 Å². The molecule has 164 valence electrons. The Morgan fingerprint density at radius 3 is 2.65 bits per heavy atom. The van der Waals surface area contributed by atoms with Gasteiger partial charge in [-0.1, -0.05) is 12.1 Å². The van der Waals surface area contributed by atoms with E-state index in [2.05, 4.69) is 15.2 Å². The van der Waals surface area contributed by atoms with Crippen LogP contribution in [-0.4, -0.2) is 54.7 Å². The summed E-state index contributed by atoms with van der Waals surface area (Å²) in [4.78, 5) is 20.5. The minimum Gasteiger partial charge on any atom is -0.378 e. The van der Waals surface area contributed by atoms with Crippen LogP contribution in [0.1, 0.15) is 52.8 Å². The first-order valence-electron chi connectivity index (χ1n) is 9.72. The van der Waals surface area contributed by atoms with Crippen LogP contribution in [0.15, 0.2) is 42.0 Å². The summed E-state index contributed by atoms with van der Waals surface area (Å²) in [5.41, 5.74) is 0.592. The van der Waals surface area contributed by atoms with Crippen molar-refractivity contribution < 1.29 is 23.1 Å². The molecule has 0 radical (unpaired) electrons. The quantitative estimate of drug-likeness (QED) is 0.654. The second-order valence-electron chi connectivity index (χ2n) is 7.47. The minimum atomic E-state index is -4.77. The van der Waals surface area contributed by atoms with Gasteiger partial charge < -0.3 is 10.0 Å². The van der Waals surface area contributed by atoms with Gasteiger partial charge >= 0.3 is 6.18 Å². The molecule has 0 unspecified atom stereocenters. The molecule has 0 spiro atoms. The normalized spacial score (nSPS) is 20.6. The Bertz CT molecular complexity index is 1050. The Kier molecular flexibility index (Phi) is 5.80. The summed E-state index contributed by atoms with van der Waals surface area (Å²) in [6.45, 7) is 2.28. The molecule has 31 heavy (non-hydrogen) atoms. The van der Waals surface area contributed by atoms with Crippen LogP contribution in [0.5, 0.6) is 0 Å². The number of carbonyl (C=O) groups is 1. The molecule has 4 rings (SSSR count). The lowest BCUT2D eigenvalue weighted by molar-refractivity contribution is -0.207. The standard InChI is InChI=1S/C20H20F3N5O2S/c1-12-6-7-13(18-26-15(11-31-18)17(29)20(21,22)23)10-27(12)19(30)14-4-2-3-5-16(14)28-24-8-9-25-28/h2-5,8-9,11-13,17,29H,6-7,10H2,1H3/t12-,13-,17-/m1/s1. The van der Waals surface area contributed by atoms with E-state index in [-0.39, 0.29) is 17.9 Å². The van der Waals surface area contributed by atoms with Gasteiger partial charge in [0.1, 0.15) is 0 Å². The number of carbonyl (C=O) groups excluding carboxylic acids is 1. The topological polar surface area (TPSA) is 84.1 Å². The smallest absolute Gasteiger partial charge is 0.378 e. The molecule has 11 heteroatoms. The fourth-order valence-electron chi connectivity index (χ4n) is 3.70. The van der Waals surface area contributed by atoms with Crippen LogP contribution in [0.4, 0.5) is 13.2 Å². The number of aliphatic hydroxyl groups excluding tert-OH is 1. The fraction of sp³-hybridized carbons (Fsp3) is 0.400. The van der Waals surface area contributed by atoms with Gasteiger partial charge in [0.25, 0.3) is 5.91 Å². The first kappa shape index (κ1) is 21.4. The van der Waals surface area contributed by atoms with Gasteiger partial charge in [-0.25, -0.2) is 4.98 Å². The van der Waals surface area contributed by atoms with Gasteiger partial charge in [-0.15, -0.1) is 11.3 Å². The van der Waals surface area contributed by atoms with Crippen molar-refractivity contribution in [2.24, 2.45) is 0 Å². The number of rotatable bonds is 4. The van der Waals surface area contributed by atoms with E-state index in [0.717, 1.165) is 11.3 Å². The number of thiazole rings is 1. The Balaban J connectivity index is 1.57. The fourth-order valence-corrected chi connectivity index (χ4v) is 4.66. The van der Waals surface area contributed by atoms with Crippen LogP contribution in [-0.2, 0) is 0 Å². The molecule has 1 amide bonds. The van der Waals surface area contributed by atoms with Crippen molar-refractivity contribution in [3.05, 3.63) is 58.3 Å². The number of benzene rings is 1. The number of aliphatic hydroxyl groups is 1. The van der Waals surface area contributed by atoms with Gasteiger partial charge in [0.2, 0.25) is 0 Å². The van der Waals surface area contributed by atoms with Crippen LogP contribution in [0, 0.1) is 0 Å². The molecule has 3 atom stereocenters. The van der Waals surface area contributed by atoms with E-state index in [1.165, 1.54) is 22.6 Å². The zero-order chi connectivity index (χ0) is 22.2. The summed E-state index contributed by atoms with van der Waals surface area (Å²) in [7, 11) is 0. The molecule has 7 nitrogen and oxygen atoms in total. The summed E-state index contributed by atoms with van der Waals surface area (Å²) in [5, 5.41) is 19.4. The predicted molar refractivity (Wildman–Crippen MR) is 107 cm³/mol. The Morgan fingerprint density at radius 1 is 1.23 bits per heavy atom. The average molecular weight is 451 g/mol. The van der Waals surface area contributed by atoms with Crippen molar-refractivity contribution in [3.8, 4) is 5.69 Å². The lowest BCUT2D eigenvalue weighted by atomic mass is 9.93. The van der Waals surface area contributed by atoms with Crippen LogP contribution >= 0.6 is 11.3 Å². The summed E-state index contributed by atoms with van der Waals surface area (Å²) in [6.07, 6.45) is -2.94. The van der Waals surface area contributed by atoms with E-state index >= 15 is 0 Å². The largest absolute Gasteiger partial charge is 0.420 e. The zero-order valence-corrected chi connectivity index (χ0v) is 17.3. The zero-order valence-electron chi connectivity index (χ0n) is 16.5. The average Bonchev–Trinajstić information content (AvgIpc) is 3.45. The summed E-state index contributed by atoms with van der Waals surface area (Å²) in [5.74, 6) is -0.397. The van der Waals surface area contributed by atoms with Crippen molar-refractivity contribution in [1.29, 1.82) is 0 Å². The number of likely N-dealkylation sites (tertiary alicyclic amines) is 1. The van der Waals surface area contributed by atoms with Crippen molar-refractivity contribution in [3.63, 3.8) is 0 Å². The number of halogens is 3. The third-order valence-electron chi connectivity index (χ3n) is 5.39. The minimum absolute atomic E-state index is 0.0393. The van der Waals surface area contributed by atoms with Gasteiger partial charge in [0, 0.05) is 23.9 Å². The highest BCUT2D eigenvalue weighted by molar-refractivity contribution is 7.09. The number of nitrogens with zero attached hydrogens (tertiary/aromatic N) is 5. The van der Waals surface area contributed by atoms with E-state index < -0.39 is 18.0 Å². The third kappa shape index (κ3) is 4.33. The van der Waals surface area contributed by atoms with Crippen molar-refractivity contribution in [2.45, 2.75) is 44.0 Å². The number of piperidine rings is 1. The number of hydrogen-bond donors (Lipinski definition) is 1. The SMILES string of the molecule is C[C@@H]1CC[C@@H](c2nc([C@@H](O)C(F)(F)F)cs2)CN1C(=O)c1ccccc1-n1nccn1. The van der Waals surface area contributed by atoms with E-state index in [4.69, 9.17) is 0 Å². The first-order chi connectivity index (χ1) is 14.8. The monoisotopic (exact) mass is 451 g/mol. The highest BCUT2D eigenvalue weighted by Crippen LogP contribution is 2.37. The maximum atomic E-state index is 13.4. The Hall–Kier alpha value is -2.79. The Morgan fingerprint density at radius 2 is 1.94 bits per heavy atom. The van der Waals surface area contributed by atoms with Gasteiger partial charge in [-0.05, 0) is 31.9 Å². The van der Waals surface area contributed by atoms with E-state index in [1.807, 2.05) is 6.92 Å². The van der Waals surface area contributed by atoms with Crippen molar-refractivity contribution in [2.75, 3.05) is 6.54 Å². The summed E-state index contributed by atoms with van der Waals surface area (Å²) < 4.78 is 38.4. The van der Waals surface area contributed by atoms with Crippen molar-refractivity contribution in [1.82, 2.24) is 24.9 Å². The molecule has 2 aromatic heterocycles. The first-order valence-corrected chi connectivity index (χ1v) is 10.6. The van der Waals surface area contributed by atoms with Gasteiger partial charge in [-0.2, -0.15) is 28.2 Å². The van der Waals surface area contributed by atoms with Crippen LogP contribution in [0.25, 0.3) is 5.69 Å². The molecule has 0 bridgehead atoms. The molecule has 1 aromatic carbocycles. The molecule has 1 fully saturated rings. The molecule has 0 saturated carbocycles. The molecule has 3 aromatic rings. The molecule has 3 heterocycles. The summed E-state index contributed by atoms with van der Waals surface area (Å²) in [6, 6.07) is 6.98. The molecular weight excluding hydrogens is 431 g/mol. The van der Waals surface area contributed by atoms with E-state index in [9.17, 15) is 23.1 Å². The van der Waals surface area contributed by atoms with E-state index in [0.29, 0.717) is 35.6 Å². The molecule has 0 aliphatic carbocycles. The number of amides is 1.